The fourth-order valence-electron chi connectivity index (χ4n) is 6.40. The number of hydrogen-bond donors (Lipinski definition) is 0. The molecule has 0 fully saturated rings. The largest absolute Gasteiger partial charge is 0.456 e. The normalized spacial score (nSPS) is 15.6. The molecule has 0 aliphatic heterocycles. The molecule has 0 N–H and O–H groups in total. The van der Waals surface area contributed by atoms with Crippen molar-refractivity contribution in [3.05, 3.63) is 170 Å². The molecule has 0 radical (unpaired) electrons. The van der Waals surface area contributed by atoms with Gasteiger partial charge in [0.2, 0.25) is 0 Å². The van der Waals surface area contributed by atoms with E-state index in [9.17, 15) is 5.48 Å². The van der Waals surface area contributed by atoms with Crippen molar-refractivity contribution in [2.45, 2.75) is 0 Å². The Bertz CT molecular complexity index is 3150. The van der Waals surface area contributed by atoms with E-state index < -0.39 is 78.6 Å². The van der Waals surface area contributed by atoms with E-state index in [1.807, 2.05) is 54.6 Å². The van der Waals surface area contributed by atoms with Gasteiger partial charge in [-0.15, -0.1) is 0 Å². The van der Waals surface area contributed by atoms with Crippen LogP contribution in [-0.2, 0) is 0 Å². The van der Waals surface area contributed by atoms with Crippen molar-refractivity contribution in [2.75, 3.05) is 0 Å². The number of fused-ring (bicyclic) bond motifs is 5. The van der Waals surface area contributed by atoms with Crippen LogP contribution in [0.5, 0.6) is 0 Å². The molecule has 0 spiro atoms. The van der Waals surface area contributed by atoms with Crippen molar-refractivity contribution in [3.8, 4) is 44.5 Å². The fraction of sp³-hybridized carbons (Fsp3) is 0. The van der Waals surface area contributed by atoms with Gasteiger partial charge in [0.25, 0.3) is 0 Å². The highest BCUT2D eigenvalue weighted by Crippen LogP contribution is 2.50. The van der Waals surface area contributed by atoms with Gasteiger partial charge >= 0.3 is 0 Å². The summed E-state index contributed by atoms with van der Waals surface area (Å²) in [6, 6.07) is 19.6. The Labute approximate surface area is 279 Å². The Balaban J connectivity index is 1.59. The molecular weight excluding hydrogens is 544 g/mol. The number of para-hydroxylation sites is 1. The van der Waals surface area contributed by atoms with Gasteiger partial charge in [0, 0.05) is 16.3 Å². The summed E-state index contributed by atoms with van der Waals surface area (Å²) in [6.07, 6.45) is 0. The SMILES string of the molecule is [2H]c1c([2H])c([2H])c(-c2ccccc2-c2c3c([2H])c([2H])c([2H])c([2H])c3c(-c3ccc4oc5ccccc5c4c3-c3ccccc3)c3c([2H])c([2H])c([2H])c([2H])c23)c([2H])c1[2H]. The second-order valence-electron chi connectivity index (χ2n) is 10.6. The maximum Gasteiger partial charge on any atom is 0.136 e. The molecule has 0 amide bonds. The molecule has 0 unspecified atom stereocenters. The average Bonchev–Trinajstić information content (AvgIpc) is 3.62. The van der Waals surface area contributed by atoms with Crippen LogP contribution >= 0.6 is 0 Å². The third-order valence-electron chi connectivity index (χ3n) is 8.22. The molecule has 0 bridgehead atoms. The van der Waals surface area contributed by atoms with E-state index in [4.69, 9.17) is 16.8 Å². The second-order valence-corrected chi connectivity index (χ2v) is 10.6. The predicted molar refractivity (Wildman–Crippen MR) is 190 cm³/mol. The van der Waals surface area contributed by atoms with Gasteiger partial charge in [0.15, 0.2) is 0 Å². The minimum Gasteiger partial charge on any atom is -0.456 e. The van der Waals surface area contributed by atoms with Crippen molar-refractivity contribution in [2.24, 2.45) is 0 Å². The lowest BCUT2D eigenvalue weighted by molar-refractivity contribution is 0.669. The number of hydrogen-bond acceptors (Lipinski definition) is 1. The summed E-state index contributed by atoms with van der Waals surface area (Å²) < 4.78 is 123. The Morgan fingerprint density at radius 1 is 0.356 bits per heavy atom. The monoisotopic (exact) mass is 585 g/mol. The van der Waals surface area contributed by atoms with Crippen LogP contribution in [0.25, 0.3) is 88.0 Å². The molecule has 1 aromatic heterocycles. The zero-order valence-electron chi connectivity index (χ0n) is 36.6. The van der Waals surface area contributed by atoms with Crippen LogP contribution in [-0.4, -0.2) is 0 Å². The van der Waals surface area contributed by atoms with Crippen LogP contribution in [0.4, 0.5) is 0 Å². The molecule has 9 rings (SSSR count). The Morgan fingerprint density at radius 3 is 1.60 bits per heavy atom. The van der Waals surface area contributed by atoms with Crippen molar-refractivity contribution < 1.29 is 22.2 Å². The van der Waals surface area contributed by atoms with E-state index in [0.717, 1.165) is 5.39 Å². The molecule has 8 aromatic carbocycles. The Kier molecular flexibility index (Phi) is 3.62. The zero-order valence-corrected chi connectivity index (χ0v) is 23.6. The maximum absolute atomic E-state index is 9.54. The van der Waals surface area contributed by atoms with E-state index in [2.05, 4.69) is 0 Å². The third kappa shape index (κ3) is 4.02. The van der Waals surface area contributed by atoms with Gasteiger partial charge in [-0.1, -0.05) is 151 Å². The molecule has 45 heavy (non-hydrogen) atoms. The van der Waals surface area contributed by atoms with Crippen LogP contribution in [0.2, 0.25) is 0 Å². The molecular formula is C44H28O. The van der Waals surface area contributed by atoms with Crippen LogP contribution < -0.4 is 0 Å². The quantitative estimate of drug-likeness (QED) is 0.187. The van der Waals surface area contributed by atoms with Gasteiger partial charge in [0.05, 0.1) is 17.8 Å². The smallest absolute Gasteiger partial charge is 0.136 e. The lowest BCUT2D eigenvalue weighted by Gasteiger charge is -2.21. The summed E-state index contributed by atoms with van der Waals surface area (Å²) in [5.74, 6) is 0. The number of furan rings is 1. The van der Waals surface area contributed by atoms with Crippen molar-refractivity contribution >= 4 is 43.5 Å². The van der Waals surface area contributed by atoms with Crippen LogP contribution in [0, 0.1) is 0 Å². The highest BCUT2D eigenvalue weighted by atomic mass is 16.3. The Morgan fingerprint density at radius 2 is 0.911 bits per heavy atom. The third-order valence-corrected chi connectivity index (χ3v) is 8.22. The lowest BCUT2D eigenvalue weighted by atomic mass is 9.81. The van der Waals surface area contributed by atoms with E-state index in [1.54, 1.807) is 30.3 Å². The molecule has 1 nitrogen and oxygen atoms in total. The molecule has 0 saturated heterocycles. The van der Waals surface area contributed by atoms with E-state index in [1.165, 1.54) is 6.07 Å². The van der Waals surface area contributed by atoms with Gasteiger partial charge in [-0.3, -0.25) is 0 Å². The van der Waals surface area contributed by atoms with Gasteiger partial charge in [-0.05, 0) is 78.7 Å². The summed E-state index contributed by atoms with van der Waals surface area (Å²) in [7, 11) is 0. The summed E-state index contributed by atoms with van der Waals surface area (Å²) >= 11 is 0. The number of rotatable bonds is 4. The molecule has 0 saturated carbocycles. The standard InChI is InChI=1S/C44H28O/c1-3-15-29(16-4-1)31-19-7-8-20-32(31)42-33-21-9-11-23-35(33)43(36-24-12-10-22-34(36)42)38-27-28-40-44(37-25-13-14-26-39(37)45-40)41(38)30-17-5-2-6-18-30/h1-28H/i1D,3D,4D,9D,10D,11D,12D,15D,16D,21D,22D,23D,24D. The molecule has 0 aliphatic carbocycles. The first-order valence-electron chi connectivity index (χ1n) is 20.9. The van der Waals surface area contributed by atoms with Gasteiger partial charge in [-0.25, -0.2) is 0 Å². The first-order chi connectivity index (χ1) is 27.8. The highest BCUT2D eigenvalue weighted by Gasteiger charge is 2.23. The van der Waals surface area contributed by atoms with Crippen LogP contribution in [0.1, 0.15) is 17.8 Å². The van der Waals surface area contributed by atoms with Crippen LogP contribution in [0.15, 0.2) is 174 Å². The number of benzene rings is 8. The molecule has 1 heterocycles. The molecule has 1 heteroatoms. The first-order valence-corrected chi connectivity index (χ1v) is 14.4. The summed E-state index contributed by atoms with van der Waals surface area (Å²) in [5, 5.41) is 1.25. The average molecular weight is 586 g/mol. The fourth-order valence-corrected chi connectivity index (χ4v) is 6.40. The molecule has 9 aromatic rings. The summed E-state index contributed by atoms with van der Waals surface area (Å²) in [4.78, 5) is 0. The van der Waals surface area contributed by atoms with Crippen molar-refractivity contribution in [1.29, 1.82) is 0 Å². The highest BCUT2D eigenvalue weighted by molar-refractivity contribution is 6.25. The first kappa shape index (κ1) is 15.7. The summed E-state index contributed by atoms with van der Waals surface area (Å²) in [5.41, 5.74) is 3.06. The van der Waals surface area contributed by atoms with E-state index in [-0.39, 0.29) is 49.4 Å². The zero-order chi connectivity index (χ0) is 41.1. The second kappa shape index (κ2) is 10.4. The lowest BCUT2D eigenvalue weighted by Crippen LogP contribution is -1.94. The minimum absolute atomic E-state index is 0.00809. The molecule has 0 atom stereocenters. The minimum atomic E-state index is -0.601. The topological polar surface area (TPSA) is 13.1 Å². The van der Waals surface area contributed by atoms with E-state index >= 15 is 0 Å². The predicted octanol–water partition coefficient (Wildman–Crippen LogP) is 12.6. The van der Waals surface area contributed by atoms with Crippen LogP contribution in [0.3, 0.4) is 0 Å². The van der Waals surface area contributed by atoms with Crippen molar-refractivity contribution in [1.82, 2.24) is 0 Å². The van der Waals surface area contributed by atoms with Crippen molar-refractivity contribution in [3.63, 3.8) is 0 Å². The maximum atomic E-state index is 9.54. The Hall–Kier alpha value is -5.92. The molecule has 0 aliphatic rings. The summed E-state index contributed by atoms with van der Waals surface area (Å²) in [6.45, 7) is 0. The van der Waals surface area contributed by atoms with Gasteiger partial charge < -0.3 is 4.42 Å². The molecule has 210 valence electrons. The van der Waals surface area contributed by atoms with E-state index in [0.29, 0.717) is 33.2 Å². The van der Waals surface area contributed by atoms with Gasteiger partial charge in [-0.2, -0.15) is 0 Å². The van der Waals surface area contributed by atoms with Gasteiger partial charge in [0.1, 0.15) is 11.2 Å².